The number of fused-ring (bicyclic) bond motifs is 1. The van der Waals surface area contributed by atoms with Crippen LogP contribution in [0.3, 0.4) is 0 Å². The Labute approximate surface area is 93.9 Å². The highest BCUT2D eigenvalue weighted by molar-refractivity contribution is 5.86. The second-order valence-corrected chi connectivity index (χ2v) is 3.78. The van der Waals surface area contributed by atoms with Gasteiger partial charge in [0.25, 0.3) is 0 Å². The third kappa shape index (κ3) is 2.14. The Balaban J connectivity index is 2.35. The average molecular weight is 215 g/mol. The molecule has 2 aromatic carbocycles. The minimum absolute atomic E-state index is 0.0122. The van der Waals surface area contributed by atoms with Crippen molar-refractivity contribution in [3.05, 3.63) is 42.5 Å². The van der Waals surface area contributed by atoms with Gasteiger partial charge in [-0.05, 0) is 22.9 Å². The summed E-state index contributed by atoms with van der Waals surface area (Å²) in [4.78, 5) is 12.3. The Hall–Kier alpha value is -2.03. The van der Waals surface area contributed by atoms with Crippen molar-refractivity contribution in [1.29, 1.82) is 0 Å². The van der Waals surface area contributed by atoms with E-state index >= 15 is 0 Å². The van der Waals surface area contributed by atoms with Crippen LogP contribution in [0.1, 0.15) is 0 Å². The SMILES string of the molecule is CN(CC(=O)O)c1ccc2ccccc2c1. The fraction of sp³-hybridized carbons (Fsp3) is 0.154. The zero-order valence-corrected chi connectivity index (χ0v) is 9.05. The molecule has 0 unspecified atom stereocenters. The number of rotatable bonds is 3. The van der Waals surface area contributed by atoms with Crippen molar-refractivity contribution in [2.45, 2.75) is 0 Å². The largest absolute Gasteiger partial charge is 0.480 e. The van der Waals surface area contributed by atoms with Crippen LogP contribution in [0.4, 0.5) is 5.69 Å². The van der Waals surface area contributed by atoms with Gasteiger partial charge in [-0.25, -0.2) is 0 Å². The maximum absolute atomic E-state index is 10.6. The average Bonchev–Trinajstić information content (AvgIpc) is 2.27. The second-order valence-electron chi connectivity index (χ2n) is 3.78. The third-order valence-corrected chi connectivity index (χ3v) is 2.55. The third-order valence-electron chi connectivity index (χ3n) is 2.55. The molecule has 3 heteroatoms. The van der Waals surface area contributed by atoms with E-state index in [2.05, 4.69) is 0 Å². The lowest BCUT2D eigenvalue weighted by Crippen LogP contribution is -2.24. The van der Waals surface area contributed by atoms with Crippen LogP contribution in [0, 0.1) is 0 Å². The Kier molecular flexibility index (Phi) is 2.77. The van der Waals surface area contributed by atoms with E-state index < -0.39 is 5.97 Å². The molecule has 16 heavy (non-hydrogen) atoms. The molecule has 3 nitrogen and oxygen atoms in total. The minimum atomic E-state index is -0.823. The lowest BCUT2D eigenvalue weighted by molar-refractivity contribution is -0.135. The number of hydrogen-bond donors (Lipinski definition) is 1. The molecule has 1 N–H and O–H groups in total. The first-order chi connectivity index (χ1) is 7.66. The number of carboxylic acids is 1. The predicted octanol–water partition coefficient (Wildman–Crippen LogP) is 2.36. The van der Waals surface area contributed by atoms with Gasteiger partial charge in [0.2, 0.25) is 0 Å². The number of nitrogens with zero attached hydrogens (tertiary/aromatic N) is 1. The van der Waals surface area contributed by atoms with Crippen molar-refractivity contribution in [3.63, 3.8) is 0 Å². The molecule has 0 bridgehead atoms. The van der Waals surface area contributed by atoms with E-state index in [0.29, 0.717) is 0 Å². The van der Waals surface area contributed by atoms with E-state index in [1.807, 2.05) is 42.5 Å². The zero-order chi connectivity index (χ0) is 11.5. The van der Waals surface area contributed by atoms with Gasteiger partial charge in [-0.15, -0.1) is 0 Å². The van der Waals surface area contributed by atoms with E-state index in [9.17, 15) is 4.79 Å². The molecule has 0 heterocycles. The minimum Gasteiger partial charge on any atom is -0.480 e. The normalized spacial score (nSPS) is 10.3. The van der Waals surface area contributed by atoms with Gasteiger partial charge in [-0.1, -0.05) is 30.3 Å². The quantitative estimate of drug-likeness (QED) is 0.854. The molecule has 0 spiro atoms. The van der Waals surface area contributed by atoms with E-state index in [1.54, 1.807) is 11.9 Å². The molecular weight excluding hydrogens is 202 g/mol. The molecule has 0 saturated heterocycles. The molecule has 0 amide bonds. The Morgan fingerprint density at radius 1 is 1.19 bits per heavy atom. The highest BCUT2D eigenvalue weighted by Gasteiger charge is 2.05. The van der Waals surface area contributed by atoms with Gasteiger partial charge in [0.1, 0.15) is 6.54 Å². The van der Waals surface area contributed by atoms with Crippen LogP contribution in [-0.2, 0) is 4.79 Å². The van der Waals surface area contributed by atoms with Crippen LogP contribution in [-0.4, -0.2) is 24.7 Å². The second kappa shape index (κ2) is 4.23. The molecule has 0 aliphatic carbocycles. The first-order valence-electron chi connectivity index (χ1n) is 5.08. The molecule has 2 rings (SSSR count). The van der Waals surface area contributed by atoms with Gasteiger partial charge in [-0.2, -0.15) is 0 Å². The molecule has 2 aromatic rings. The summed E-state index contributed by atoms with van der Waals surface area (Å²) in [6.07, 6.45) is 0. The summed E-state index contributed by atoms with van der Waals surface area (Å²) in [6.45, 7) is 0.0122. The van der Waals surface area contributed by atoms with Crippen LogP contribution in [0.25, 0.3) is 10.8 Å². The molecular formula is C13H13NO2. The smallest absolute Gasteiger partial charge is 0.323 e. The summed E-state index contributed by atoms with van der Waals surface area (Å²) in [7, 11) is 1.78. The molecule has 0 radical (unpaired) electrons. The number of aliphatic carboxylic acids is 1. The molecule has 0 saturated carbocycles. The summed E-state index contributed by atoms with van der Waals surface area (Å²) in [5.74, 6) is -0.823. The lowest BCUT2D eigenvalue weighted by atomic mass is 10.1. The van der Waals surface area contributed by atoms with Gasteiger partial charge in [-0.3, -0.25) is 4.79 Å². The highest BCUT2D eigenvalue weighted by atomic mass is 16.4. The summed E-state index contributed by atoms with van der Waals surface area (Å²) in [6, 6.07) is 14.0. The molecule has 0 aliphatic heterocycles. The van der Waals surface area contributed by atoms with Crippen molar-refractivity contribution in [3.8, 4) is 0 Å². The number of hydrogen-bond acceptors (Lipinski definition) is 2. The maximum atomic E-state index is 10.6. The molecule has 0 fully saturated rings. The Bertz CT molecular complexity index is 522. The molecule has 0 aliphatic rings. The van der Waals surface area contributed by atoms with Gasteiger partial charge >= 0.3 is 5.97 Å². The number of likely N-dealkylation sites (N-methyl/N-ethyl adjacent to an activating group) is 1. The first kappa shape index (κ1) is 10.5. The standard InChI is InChI=1S/C13H13NO2/c1-14(9-13(15)16)12-7-6-10-4-2-3-5-11(10)8-12/h2-8H,9H2,1H3,(H,15,16). The van der Waals surface area contributed by atoms with E-state index in [1.165, 1.54) is 0 Å². The van der Waals surface area contributed by atoms with Gasteiger partial charge in [0.15, 0.2) is 0 Å². The molecule has 82 valence electrons. The Morgan fingerprint density at radius 2 is 1.88 bits per heavy atom. The predicted molar refractivity (Wildman–Crippen MR) is 64.9 cm³/mol. The fourth-order valence-electron chi connectivity index (χ4n) is 1.71. The van der Waals surface area contributed by atoms with Gasteiger partial charge in [0, 0.05) is 12.7 Å². The van der Waals surface area contributed by atoms with E-state index in [-0.39, 0.29) is 6.54 Å². The van der Waals surface area contributed by atoms with Crippen molar-refractivity contribution < 1.29 is 9.90 Å². The van der Waals surface area contributed by atoms with Gasteiger partial charge in [0.05, 0.1) is 0 Å². The lowest BCUT2D eigenvalue weighted by Gasteiger charge is -2.17. The van der Waals surface area contributed by atoms with Crippen LogP contribution < -0.4 is 4.90 Å². The zero-order valence-electron chi connectivity index (χ0n) is 9.05. The summed E-state index contributed by atoms with van der Waals surface area (Å²) < 4.78 is 0. The molecule has 0 aromatic heterocycles. The monoisotopic (exact) mass is 215 g/mol. The number of anilines is 1. The van der Waals surface area contributed by atoms with Crippen LogP contribution >= 0.6 is 0 Å². The summed E-state index contributed by atoms with van der Waals surface area (Å²) >= 11 is 0. The summed E-state index contributed by atoms with van der Waals surface area (Å²) in [5.41, 5.74) is 0.918. The van der Waals surface area contributed by atoms with E-state index in [0.717, 1.165) is 16.5 Å². The first-order valence-corrected chi connectivity index (χ1v) is 5.08. The van der Waals surface area contributed by atoms with Gasteiger partial charge < -0.3 is 10.0 Å². The van der Waals surface area contributed by atoms with Crippen LogP contribution in [0.5, 0.6) is 0 Å². The fourth-order valence-corrected chi connectivity index (χ4v) is 1.71. The maximum Gasteiger partial charge on any atom is 0.323 e. The van der Waals surface area contributed by atoms with Crippen LogP contribution in [0.15, 0.2) is 42.5 Å². The topological polar surface area (TPSA) is 40.5 Å². The number of benzene rings is 2. The summed E-state index contributed by atoms with van der Waals surface area (Å²) in [5, 5.41) is 11.0. The highest BCUT2D eigenvalue weighted by Crippen LogP contribution is 2.20. The van der Waals surface area contributed by atoms with Crippen molar-refractivity contribution in [1.82, 2.24) is 0 Å². The van der Waals surface area contributed by atoms with Crippen molar-refractivity contribution >= 4 is 22.4 Å². The van der Waals surface area contributed by atoms with Crippen molar-refractivity contribution in [2.75, 3.05) is 18.5 Å². The number of carboxylic acid groups (broad SMARTS) is 1. The van der Waals surface area contributed by atoms with E-state index in [4.69, 9.17) is 5.11 Å². The number of carbonyl (C=O) groups is 1. The Morgan fingerprint density at radius 3 is 2.56 bits per heavy atom. The van der Waals surface area contributed by atoms with Crippen LogP contribution in [0.2, 0.25) is 0 Å². The van der Waals surface area contributed by atoms with Crippen molar-refractivity contribution in [2.24, 2.45) is 0 Å². The molecule has 0 atom stereocenters.